The second-order valence-electron chi connectivity index (χ2n) is 4.66. The van der Waals surface area contributed by atoms with Gasteiger partial charge in [-0.2, -0.15) is 13.2 Å². The number of hydrogen-bond acceptors (Lipinski definition) is 3. The van der Waals surface area contributed by atoms with Crippen molar-refractivity contribution in [3.63, 3.8) is 0 Å². The number of aliphatic hydroxyl groups excluding tert-OH is 1. The number of anilines is 1. The van der Waals surface area contributed by atoms with Gasteiger partial charge in [0.1, 0.15) is 5.82 Å². The van der Waals surface area contributed by atoms with Crippen LogP contribution >= 0.6 is 15.9 Å². The number of halogens is 4. The van der Waals surface area contributed by atoms with E-state index in [1.807, 2.05) is 0 Å². The first kappa shape index (κ1) is 14.6. The predicted molar refractivity (Wildman–Crippen MR) is 69.0 cm³/mol. The molecule has 1 unspecified atom stereocenters. The summed E-state index contributed by atoms with van der Waals surface area (Å²) in [6.07, 6.45) is -1.46. The number of nitrogens with zero attached hydrogens (tertiary/aromatic N) is 2. The molecule has 1 aliphatic heterocycles. The molecule has 2 heterocycles. The molecule has 0 bridgehead atoms. The average molecular weight is 339 g/mol. The van der Waals surface area contributed by atoms with Gasteiger partial charge in [0.2, 0.25) is 0 Å². The Morgan fingerprint density at radius 2 is 2.21 bits per heavy atom. The van der Waals surface area contributed by atoms with Crippen LogP contribution in [0.2, 0.25) is 0 Å². The highest BCUT2D eigenvalue weighted by molar-refractivity contribution is 9.10. The molecule has 2 rings (SSSR count). The van der Waals surface area contributed by atoms with Crippen LogP contribution in [0.1, 0.15) is 18.4 Å². The maximum Gasteiger partial charge on any atom is 0.419 e. The smallest absolute Gasteiger partial charge is 0.396 e. The molecular weight excluding hydrogens is 325 g/mol. The normalized spacial score (nSPS) is 20.7. The molecule has 1 atom stereocenters. The lowest BCUT2D eigenvalue weighted by Gasteiger charge is -2.34. The van der Waals surface area contributed by atoms with Crippen molar-refractivity contribution < 1.29 is 18.3 Å². The van der Waals surface area contributed by atoms with Gasteiger partial charge in [-0.1, -0.05) is 0 Å². The van der Waals surface area contributed by atoms with E-state index in [2.05, 4.69) is 20.9 Å². The SMILES string of the molecule is OCC1CCCN(c2ncc(Br)cc2C(F)(F)F)C1. The molecule has 1 fully saturated rings. The third-order valence-electron chi connectivity index (χ3n) is 3.22. The minimum Gasteiger partial charge on any atom is -0.396 e. The van der Waals surface area contributed by atoms with E-state index in [0.717, 1.165) is 18.9 Å². The molecule has 3 nitrogen and oxygen atoms in total. The van der Waals surface area contributed by atoms with Gasteiger partial charge in [0.05, 0.1) is 5.56 Å². The zero-order valence-corrected chi connectivity index (χ0v) is 11.7. The lowest BCUT2D eigenvalue weighted by molar-refractivity contribution is -0.137. The summed E-state index contributed by atoms with van der Waals surface area (Å²) in [7, 11) is 0. The van der Waals surface area contributed by atoms with Crippen LogP contribution in [0.5, 0.6) is 0 Å². The minimum atomic E-state index is -4.43. The Kier molecular flexibility index (Phi) is 4.35. The van der Waals surface area contributed by atoms with E-state index in [1.165, 1.54) is 6.20 Å². The van der Waals surface area contributed by atoms with E-state index in [1.54, 1.807) is 4.90 Å². The molecule has 0 amide bonds. The number of piperidine rings is 1. The van der Waals surface area contributed by atoms with E-state index in [4.69, 9.17) is 5.11 Å². The average Bonchev–Trinajstić information content (AvgIpc) is 2.37. The van der Waals surface area contributed by atoms with Gasteiger partial charge in [0.15, 0.2) is 0 Å². The Morgan fingerprint density at radius 1 is 1.47 bits per heavy atom. The number of rotatable bonds is 2. The maximum absolute atomic E-state index is 13.0. The van der Waals surface area contributed by atoms with E-state index in [-0.39, 0.29) is 18.3 Å². The summed E-state index contributed by atoms with van der Waals surface area (Å²) in [5, 5.41) is 9.15. The minimum absolute atomic E-state index is 0.00558. The zero-order valence-electron chi connectivity index (χ0n) is 10.1. The van der Waals surface area contributed by atoms with Gasteiger partial charge in [0.25, 0.3) is 0 Å². The third kappa shape index (κ3) is 3.39. The molecule has 1 saturated heterocycles. The summed E-state index contributed by atoms with van der Waals surface area (Å²) in [6, 6.07) is 1.05. The van der Waals surface area contributed by atoms with Crippen LogP contribution in [0.4, 0.5) is 19.0 Å². The van der Waals surface area contributed by atoms with Crippen molar-refractivity contribution in [1.82, 2.24) is 4.98 Å². The molecule has 7 heteroatoms. The highest BCUT2D eigenvalue weighted by atomic mass is 79.9. The number of aliphatic hydroxyl groups is 1. The van der Waals surface area contributed by atoms with Crippen molar-refractivity contribution in [2.75, 3.05) is 24.6 Å². The van der Waals surface area contributed by atoms with E-state index >= 15 is 0 Å². The lowest BCUT2D eigenvalue weighted by atomic mass is 9.98. The van der Waals surface area contributed by atoms with Gasteiger partial charge in [-0.3, -0.25) is 0 Å². The third-order valence-corrected chi connectivity index (χ3v) is 3.65. The largest absolute Gasteiger partial charge is 0.419 e. The predicted octanol–water partition coefficient (Wildman–Crippen LogP) is 3.07. The molecule has 1 aromatic heterocycles. The Labute approximate surface area is 117 Å². The maximum atomic E-state index is 13.0. The van der Waals surface area contributed by atoms with Gasteiger partial charge in [-0.15, -0.1) is 0 Å². The monoisotopic (exact) mass is 338 g/mol. The van der Waals surface area contributed by atoms with Gasteiger partial charge >= 0.3 is 6.18 Å². The van der Waals surface area contributed by atoms with Gasteiger partial charge in [0, 0.05) is 30.4 Å². The van der Waals surface area contributed by atoms with Crippen molar-refractivity contribution in [2.24, 2.45) is 5.92 Å². The van der Waals surface area contributed by atoms with Crippen molar-refractivity contribution in [2.45, 2.75) is 19.0 Å². The number of pyridine rings is 1. The topological polar surface area (TPSA) is 36.4 Å². The Balaban J connectivity index is 2.33. The number of aromatic nitrogens is 1. The van der Waals surface area contributed by atoms with Crippen LogP contribution < -0.4 is 4.90 Å². The summed E-state index contributed by atoms with van der Waals surface area (Å²) in [5.74, 6) is -0.0332. The second-order valence-corrected chi connectivity index (χ2v) is 5.57. The first-order valence-corrected chi connectivity index (χ1v) is 6.79. The zero-order chi connectivity index (χ0) is 14.0. The molecule has 0 aliphatic carbocycles. The van der Waals surface area contributed by atoms with Crippen molar-refractivity contribution >= 4 is 21.7 Å². The van der Waals surface area contributed by atoms with Gasteiger partial charge in [-0.25, -0.2) is 4.98 Å². The molecule has 1 N–H and O–H groups in total. The van der Waals surface area contributed by atoms with Crippen LogP contribution in [-0.2, 0) is 6.18 Å². The Morgan fingerprint density at radius 3 is 2.84 bits per heavy atom. The summed E-state index contributed by atoms with van der Waals surface area (Å²) in [5.41, 5.74) is -0.736. The first-order chi connectivity index (χ1) is 8.91. The molecular formula is C12H14BrF3N2O. The highest BCUT2D eigenvalue weighted by Gasteiger charge is 2.37. The van der Waals surface area contributed by atoms with Crippen LogP contribution in [0, 0.1) is 5.92 Å². The van der Waals surface area contributed by atoms with Gasteiger partial charge < -0.3 is 10.0 Å². The molecule has 106 valence electrons. The standard InChI is InChI=1S/C12H14BrF3N2O/c13-9-4-10(12(14,15)16)11(17-5-9)18-3-1-2-8(6-18)7-19/h4-5,8,19H,1-3,6-7H2. The molecule has 0 spiro atoms. The Hall–Kier alpha value is -0.820. The fourth-order valence-electron chi connectivity index (χ4n) is 2.30. The fourth-order valence-corrected chi connectivity index (χ4v) is 2.63. The van der Waals surface area contributed by atoms with Crippen molar-refractivity contribution in [3.8, 4) is 0 Å². The highest BCUT2D eigenvalue weighted by Crippen LogP contribution is 2.37. The molecule has 1 aromatic rings. The molecule has 1 aliphatic rings. The summed E-state index contributed by atoms with van der Waals surface area (Å²) in [6.45, 7) is 0.941. The summed E-state index contributed by atoms with van der Waals surface area (Å²) < 4.78 is 39.4. The van der Waals surface area contributed by atoms with Crippen molar-refractivity contribution in [1.29, 1.82) is 0 Å². The summed E-state index contributed by atoms with van der Waals surface area (Å²) >= 11 is 3.02. The first-order valence-electron chi connectivity index (χ1n) is 6.00. The van der Waals surface area contributed by atoms with Crippen LogP contribution in [0.25, 0.3) is 0 Å². The quantitative estimate of drug-likeness (QED) is 0.900. The molecule has 19 heavy (non-hydrogen) atoms. The Bertz CT molecular complexity index is 453. The van der Waals surface area contributed by atoms with Gasteiger partial charge in [-0.05, 0) is 40.8 Å². The lowest BCUT2D eigenvalue weighted by Crippen LogP contribution is -2.38. The molecule has 0 aromatic carbocycles. The fraction of sp³-hybridized carbons (Fsp3) is 0.583. The van der Waals surface area contributed by atoms with E-state index in [0.29, 0.717) is 17.6 Å². The summed E-state index contributed by atoms with van der Waals surface area (Å²) in [4.78, 5) is 5.53. The number of alkyl halides is 3. The molecule has 0 radical (unpaired) electrons. The van der Waals surface area contributed by atoms with E-state index in [9.17, 15) is 13.2 Å². The van der Waals surface area contributed by atoms with Crippen molar-refractivity contribution in [3.05, 3.63) is 22.3 Å². The van der Waals surface area contributed by atoms with Crippen LogP contribution in [0.3, 0.4) is 0 Å². The van der Waals surface area contributed by atoms with Crippen LogP contribution in [0.15, 0.2) is 16.7 Å². The second kappa shape index (κ2) is 5.66. The number of hydrogen-bond donors (Lipinski definition) is 1. The van der Waals surface area contributed by atoms with Crippen LogP contribution in [-0.4, -0.2) is 29.8 Å². The van der Waals surface area contributed by atoms with E-state index < -0.39 is 11.7 Å². The molecule has 0 saturated carbocycles.